The van der Waals surface area contributed by atoms with E-state index in [0.717, 1.165) is 24.9 Å². The second-order valence-corrected chi connectivity index (χ2v) is 7.61. The third kappa shape index (κ3) is 3.01. The normalized spacial score (nSPS) is 27.1. The Morgan fingerprint density at radius 1 is 1.25 bits per heavy atom. The van der Waals surface area contributed by atoms with Gasteiger partial charge >= 0.3 is 0 Å². The largest absolute Gasteiger partial charge is 0.345 e. The number of hydrogen-bond donors (Lipinski definition) is 1. The van der Waals surface area contributed by atoms with Crippen LogP contribution in [0, 0.1) is 5.92 Å². The van der Waals surface area contributed by atoms with Crippen molar-refractivity contribution in [1.29, 1.82) is 0 Å². The van der Waals surface area contributed by atoms with E-state index in [0.29, 0.717) is 6.04 Å². The van der Waals surface area contributed by atoms with Crippen LogP contribution < -0.4 is 10.2 Å². The smallest absolute Gasteiger partial charge is 0.186 e. The zero-order valence-corrected chi connectivity index (χ0v) is 13.8. The summed E-state index contributed by atoms with van der Waals surface area (Å²) in [6, 6.07) is 0.649. The molecule has 112 valence electrons. The molecule has 1 saturated carbocycles. The maximum Gasteiger partial charge on any atom is 0.186 e. The molecule has 2 aliphatic rings. The minimum absolute atomic E-state index is 0.649. The Morgan fingerprint density at radius 3 is 2.75 bits per heavy atom. The van der Waals surface area contributed by atoms with Crippen molar-refractivity contribution in [3.05, 3.63) is 10.6 Å². The van der Waals surface area contributed by atoms with E-state index in [1.807, 2.05) is 11.3 Å². The summed E-state index contributed by atoms with van der Waals surface area (Å²) < 4.78 is 0. The first-order chi connectivity index (χ1) is 9.69. The SMILES string of the molecule is CCNCc1sc(N2CC(C)CCC2C)nc1C1CC1. The lowest BCUT2D eigenvalue weighted by molar-refractivity contribution is 0.390. The molecule has 2 heterocycles. The van der Waals surface area contributed by atoms with Crippen LogP contribution in [0.3, 0.4) is 0 Å². The number of piperidine rings is 1. The predicted molar refractivity (Wildman–Crippen MR) is 86.7 cm³/mol. The van der Waals surface area contributed by atoms with Crippen LogP contribution in [-0.4, -0.2) is 24.1 Å². The van der Waals surface area contributed by atoms with Gasteiger partial charge in [0.05, 0.1) is 5.69 Å². The number of nitrogens with one attached hydrogen (secondary N) is 1. The predicted octanol–water partition coefficient (Wildman–Crippen LogP) is 3.75. The van der Waals surface area contributed by atoms with E-state index < -0.39 is 0 Å². The first-order valence-electron chi connectivity index (χ1n) is 8.16. The van der Waals surface area contributed by atoms with Gasteiger partial charge in [0.15, 0.2) is 5.13 Å². The van der Waals surface area contributed by atoms with Crippen LogP contribution in [0.5, 0.6) is 0 Å². The summed E-state index contributed by atoms with van der Waals surface area (Å²) in [4.78, 5) is 9.08. The van der Waals surface area contributed by atoms with Gasteiger partial charge in [0.2, 0.25) is 0 Å². The van der Waals surface area contributed by atoms with E-state index in [4.69, 9.17) is 4.98 Å². The Balaban J connectivity index is 1.81. The van der Waals surface area contributed by atoms with Crippen molar-refractivity contribution in [2.24, 2.45) is 5.92 Å². The van der Waals surface area contributed by atoms with Crippen LogP contribution in [0.2, 0.25) is 0 Å². The summed E-state index contributed by atoms with van der Waals surface area (Å²) >= 11 is 1.93. The van der Waals surface area contributed by atoms with Gasteiger partial charge in [-0.25, -0.2) is 4.98 Å². The quantitative estimate of drug-likeness (QED) is 0.896. The minimum atomic E-state index is 0.649. The van der Waals surface area contributed by atoms with E-state index in [1.165, 1.54) is 47.9 Å². The second kappa shape index (κ2) is 6.02. The average Bonchev–Trinajstić information content (AvgIpc) is 3.20. The maximum absolute atomic E-state index is 5.04. The molecular formula is C16H27N3S. The molecule has 4 heteroatoms. The molecule has 1 N–H and O–H groups in total. The Hall–Kier alpha value is -0.610. The Morgan fingerprint density at radius 2 is 2.05 bits per heavy atom. The van der Waals surface area contributed by atoms with Crippen molar-refractivity contribution in [2.45, 2.75) is 65.0 Å². The van der Waals surface area contributed by atoms with E-state index in [1.54, 1.807) is 0 Å². The zero-order chi connectivity index (χ0) is 14.1. The highest BCUT2D eigenvalue weighted by Crippen LogP contribution is 2.44. The topological polar surface area (TPSA) is 28.2 Å². The lowest BCUT2D eigenvalue weighted by Gasteiger charge is -2.36. The number of anilines is 1. The van der Waals surface area contributed by atoms with Gasteiger partial charge in [-0.2, -0.15) is 0 Å². The lowest BCUT2D eigenvalue weighted by Crippen LogP contribution is -2.41. The summed E-state index contributed by atoms with van der Waals surface area (Å²) in [6.45, 7) is 10.1. The summed E-state index contributed by atoms with van der Waals surface area (Å²) in [6.07, 6.45) is 5.35. The molecule has 0 bridgehead atoms. The maximum atomic E-state index is 5.04. The van der Waals surface area contributed by atoms with Gasteiger partial charge in [0.25, 0.3) is 0 Å². The van der Waals surface area contributed by atoms with Crippen molar-refractivity contribution in [2.75, 3.05) is 18.0 Å². The fraction of sp³-hybridized carbons (Fsp3) is 0.812. The molecule has 0 aromatic carbocycles. The fourth-order valence-electron chi connectivity index (χ4n) is 3.07. The number of rotatable bonds is 5. The Bertz CT molecular complexity index is 453. The standard InChI is InChI=1S/C16H27N3S/c1-4-17-9-14-15(13-7-8-13)18-16(20-14)19-10-11(2)5-6-12(19)3/h11-13,17H,4-10H2,1-3H3. The van der Waals surface area contributed by atoms with E-state index in [9.17, 15) is 0 Å². The van der Waals surface area contributed by atoms with E-state index >= 15 is 0 Å². The summed E-state index contributed by atoms with van der Waals surface area (Å²) in [5, 5.41) is 4.75. The molecular weight excluding hydrogens is 266 g/mol. The number of thiazole rings is 1. The molecule has 0 spiro atoms. The van der Waals surface area contributed by atoms with E-state index in [-0.39, 0.29) is 0 Å². The molecule has 20 heavy (non-hydrogen) atoms. The first-order valence-corrected chi connectivity index (χ1v) is 8.97. The highest BCUT2D eigenvalue weighted by molar-refractivity contribution is 7.15. The van der Waals surface area contributed by atoms with Gasteiger partial charge in [0.1, 0.15) is 0 Å². The number of nitrogens with zero attached hydrogens (tertiary/aromatic N) is 2. The van der Waals surface area contributed by atoms with Gasteiger partial charge < -0.3 is 10.2 Å². The third-order valence-corrected chi connectivity index (χ3v) is 5.69. The van der Waals surface area contributed by atoms with Gasteiger partial charge in [-0.3, -0.25) is 0 Å². The molecule has 2 unspecified atom stereocenters. The molecule has 3 rings (SSSR count). The summed E-state index contributed by atoms with van der Waals surface area (Å²) in [7, 11) is 0. The minimum Gasteiger partial charge on any atom is -0.345 e. The lowest BCUT2D eigenvalue weighted by atomic mass is 9.96. The molecule has 0 radical (unpaired) electrons. The van der Waals surface area contributed by atoms with Crippen LogP contribution in [0.4, 0.5) is 5.13 Å². The third-order valence-electron chi connectivity index (χ3n) is 4.58. The van der Waals surface area contributed by atoms with Crippen molar-refractivity contribution in [3.8, 4) is 0 Å². The zero-order valence-electron chi connectivity index (χ0n) is 13.0. The van der Waals surface area contributed by atoms with Crippen molar-refractivity contribution in [1.82, 2.24) is 10.3 Å². The summed E-state index contributed by atoms with van der Waals surface area (Å²) in [5.41, 5.74) is 1.40. The van der Waals surface area contributed by atoms with Crippen LogP contribution in [0.1, 0.15) is 62.9 Å². The molecule has 1 aliphatic carbocycles. The van der Waals surface area contributed by atoms with Crippen molar-refractivity contribution < 1.29 is 0 Å². The molecule has 2 atom stereocenters. The molecule has 0 amide bonds. The molecule has 3 nitrogen and oxygen atoms in total. The van der Waals surface area contributed by atoms with E-state index in [2.05, 4.69) is 31.0 Å². The van der Waals surface area contributed by atoms with Gasteiger partial charge in [-0.1, -0.05) is 13.8 Å². The monoisotopic (exact) mass is 293 g/mol. The summed E-state index contributed by atoms with van der Waals surface area (Å²) in [5.74, 6) is 1.56. The number of aromatic nitrogens is 1. The second-order valence-electron chi connectivity index (χ2n) is 6.54. The highest BCUT2D eigenvalue weighted by atomic mass is 32.1. The molecule has 1 saturated heterocycles. The molecule has 2 fully saturated rings. The van der Waals surface area contributed by atoms with Crippen LogP contribution in [0.15, 0.2) is 0 Å². The van der Waals surface area contributed by atoms with Crippen LogP contribution in [-0.2, 0) is 6.54 Å². The molecule has 1 aliphatic heterocycles. The Kier molecular flexibility index (Phi) is 4.32. The molecule has 1 aromatic heterocycles. The Labute approximate surface area is 126 Å². The molecule has 1 aromatic rings. The van der Waals surface area contributed by atoms with Gasteiger partial charge in [0, 0.05) is 29.9 Å². The average molecular weight is 293 g/mol. The van der Waals surface area contributed by atoms with Crippen LogP contribution in [0.25, 0.3) is 0 Å². The van der Waals surface area contributed by atoms with Gasteiger partial charge in [-0.05, 0) is 45.1 Å². The number of hydrogen-bond acceptors (Lipinski definition) is 4. The van der Waals surface area contributed by atoms with Crippen LogP contribution >= 0.6 is 11.3 Å². The highest BCUT2D eigenvalue weighted by Gasteiger charge is 2.32. The van der Waals surface area contributed by atoms with Crippen molar-refractivity contribution >= 4 is 16.5 Å². The van der Waals surface area contributed by atoms with Crippen molar-refractivity contribution in [3.63, 3.8) is 0 Å². The fourth-order valence-corrected chi connectivity index (χ4v) is 4.30. The first kappa shape index (κ1) is 14.3. The van der Waals surface area contributed by atoms with Gasteiger partial charge in [-0.15, -0.1) is 11.3 Å².